The molecule has 0 saturated heterocycles. The lowest BCUT2D eigenvalue weighted by Gasteiger charge is -1.82. The first-order valence-corrected chi connectivity index (χ1v) is 1.78. The van der Waals surface area contributed by atoms with Gasteiger partial charge in [-0.15, -0.1) is 0 Å². The minimum atomic E-state index is 0.0179. The van der Waals surface area contributed by atoms with E-state index in [1.807, 2.05) is 0 Å². The summed E-state index contributed by atoms with van der Waals surface area (Å²) in [5.74, 6) is 0. The van der Waals surface area contributed by atoms with E-state index >= 15 is 0 Å². The topological polar surface area (TPSA) is 41.8 Å². The predicted octanol–water partition coefficient (Wildman–Crippen LogP) is 0.617. The first-order valence-electron chi connectivity index (χ1n) is 1.25. The number of halogens is 1. The van der Waals surface area contributed by atoms with Crippen LogP contribution in [0.15, 0.2) is 5.16 Å². The highest BCUT2D eigenvalue weighted by atomic mass is 35.5. The minimum absolute atomic E-state index is 0.0179. The summed E-state index contributed by atoms with van der Waals surface area (Å²) in [7, 11) is 0. The normalized spacial score (nSPS) is 9.50. The van der Waals surface area contributed by atoms with Crippen molar-refractivity contribution in [1.29, 1.82) is 0 Å². The van der Waals surface area contributed by atoms with Gasteiger partial charge in [0.05, 0.1) is 0 Å². The van der Waals surface area contributed by atoms with Crippen LogP contribution in [0.1, 0.15) is 0 Å². The number of hydrogen-bond donors (Lipinski definition) is 1. The Morgan fingerprint density at radius 2 is 2.67 bits per heavy atom. The Morgan fingerprint density at radius 3 is 2.83 bits per heavy atom. The molecule has 36 valence electrons. The van der Waals surface area contributed by atoms with Crippen LogP contribution < -0.4 is 0 Å². The lowest BCUT2D eigenvalue weighted by molar-refractivity contribution is 0.291. The third-order valence-corrected chi connectivity index (χ3v) is 0.311. The van der Waals surface area contributed by atoms with E-state index in [1.54, 1.807) is 0 Å². The van der Waals surface area contributed by atoms with Crippen molar-refractivity contribution in [2.24, 2.45) is 5.16 Å². The Labute approximate surface area is 40.2 Å². The number of rotatable bonds is 2. The summed E-state index contributed by atoms with van der Waals surface area (Å²) in [5.41, 5.74) is 0. The lowest BCUT2D eigenvalue weighted by Crippen LogP contribution is -1.79. The maximum Gasteiger partial charge on any atom is 0.213 e. The molecule has 0 bridgehead atoms. The van der Waals surface area contributed by atoms with E-state index in [0.717, 1.165) is 6.40 Å². The van der Waals surface area contributed by atoms with Crippen molar-refractivity contribution in [3.63, 3.8) is 0 Å². The molecule has 0 radical (unpaired) electrons. The van der Waals surface area contributed by atoms with Gasteiger partial charge in [-0.05, 0) is 0 Å². The van der Waals surface area contributed by atoms with Crippen LogP contribution in [0.5, 0.6) is 0 Å². The van der Waals surface area contributed by atoms with E-state index < -0.39 is 0 Å². The molecular weight excluding hydrogens is 105 g/mol. The SMILES string of the molecule is ON=COCCl. The highest BCUT2D eigenvalue weighted by Crippen LogP contribution is 1.70. The van der Waals surface area contributed by atoms with Crippen molar-refractivity contribution >= 4 is 18.0 Å². The maximum atomic E-state index is 7.58. The number of oxime groups is 1. The Morgan fingerprint density at radius 1 is 2.00 bits per heavy atom. The van der Waals surface area contributed by atoms with Gasteiger partial charge in [-0.25, -0.2) is 0 Å². The van der Waals surface area contributed by atoms with Crippen LogP contribution in [-0.4, -0.2) is 17.7 Å². The molecule has 0 aromatic heterocycles. The molecule has 0 atom stereocenters. The van der Waals surface area contributed by atoms with Gasteiger partial charge in [0.2, 0.25) is 6.40 Å². The van der Waals surface area contributed by atoms with E-state index in [1.165, 1.54) is 0 Å². The second-order valence-corrected chi connectivity index (χ2v) is 0.715. The largest absolute Gasteiger partial charge is 0.465 e. The molecule has 0 spiro atoms. The molecule has 0 rings (SSSR count). The Hall–Kier alpha value is -0.440. The second-order valence-electron chi connectivity index (χ2n) is 0.497. The molecule has 3 nitrogen and oxygen atoms in total. The van der Waals surface area contributed by atoms with Crippen molar-refractivity contribution in [3.05, 3.63) is 0 Å². The van der Waals surface area contributed by atoms with Crippen LogP contribution in [0.3, 0.4) is 0 Å². The Bertz CT molecular complexity index is 46.8. The van der Waals surface area contributed by atoms with Gasteiger partial charge in [-0.2, -0.15) is 0 Å². The summed E-state index contributed by atoms with van der Waals surface area (Å²) in [5, 5.41) is 10.1. The third-order valence-electron chi connectivity index (χ3n) is 0.185. The van der Waals surface area contributed by atoms with Gasteiger partial charge in [-0.3, -0.25) is 0 Å². The molecule has 0 aromatic carbocycles. The van der Waals surface area contributed by atoms with E-state index in [2.05, 4.69) is 9.89 Å². The molecule has 4 heteroatoms. The molecule has 0 unspecified atom stereocenters. The second kappa shape index (κ2) is 4.56. The summed E-state index contributed by atoms with van der Waals surface area (Å²) in [4.78, 5) is 0. The fraction of sp³-hybridized carbons (Fsp3) is 0.500. The summed E-state index contributed by atoms with van der Waals surface area (Å²) in [6.45, 7) is 0. The van der Waals surface area contributed by atoms with Crippen LogP contribution >= 0.6 is 11.6 Å². The third kappa shape index (κ3) is 3.56. The molecule has 0 heterocycles. The van der Waals surface area contributed by atoms with E-state index in [0.29, 0.717) is 0 Å². The zero-order valence-corrected chi connectivity index (χ0v) is 3.72. The quantitative estimate of drug-likeness (QED) is 0.186. The predicted molar refractivity (Wildman–Crippen MR) is 22.1 cm³/mol. The summed E-state index contributed by atoms with van der Waals surface area (Å²) >= 11 is 4.96. The number of hydrogen-bond acceptors (Lipinski definition) is 3. The van der Waals surface area contributed by atoms with Gasteiger partial charge < -0.3 is 9.94 Å². The average Bonchev–Trinajstić information content (AvgIpc) is 1.61. The van der Waals surface area contributed by atoms with Crippen LogP contribution in [0.4, 0.5) is 0 Å². The Balaban J connectivity index is 2.66. The highest BCUT2D eigenvalue weighted by Gasteiger charge is 1.64. The van der Waals surface area contributed by atoms with Gasteiger partial charge >= 0.3 is 0 Å². The molecule has 0 aromatic rings. The van der Waals surface area contributed by atoms with Crippen molar-refractivity contribution in [2.45, 2.75) is 0 Å². The molecule has 0 aliphatic heterocycles. The smallest absolute Gasteiger partial charge is 0.213 e. The summed E-state index contributed by atoms with van der Waals surface area (Å²) < 4.78 is 4.21. The standard InChI is InChI=1S/C2H4ClNO2/c3-1-6-2-4-5/h2,5H,1H2. The van der Waals surface area contributed by atoms with E-state index in [-0.39, 0.29) is 6.07 Å². The molecule has 0 aliphatic rings. The lowest BCUT2D eigenvalue weighted by atomic mass is 11.4. The van der Waals surface area contributed by atoms with Gasteiger partial charge in [0, 0.05) is 0 Å². The van der Waals surface area contributed by atoms with Crippen LogP contribution in [-0.2, 0) is 4.74 Å². The fourth-order valence-corrected chi connectivity index (χ4v) is 0.118. The van der Waals surface area contributed by atoms with Crippen LogP contribution in [0.2, 0.25) is 0 Å². The zero-order valence-electron chi connectivity index (χ0n) is 2.97. The van der Waals surface area contributed by atoms with Gasteiger partial charge in [-0.1, -0.05) is 16.8 Å². The van der Waals surface area contributed by atoms with Gasteiger partial charge in [0.25, 0.3) is 0 Å². The minimum Gasteiger partial charge on any atom is -0.465 e. The van der Waals surface area contributed by atoms with Crippen molar-refractivity contribution in [1.82, 2.24) is 0 Å². The number of alkyl halides is 1. The first kappa shape index (κ1) is 5.56. The molecule has 6 heavy (non-hydrogen) atoms. The van der Waals surface area contributed by atoms with Gasteiger partial charge in [0.15, 0.2) is 6.07 Å². The number of nitrogens with zero attached hydrogens (tertiary/aromatic N) is 1. The maximum absolute atomic E-state index is 7.58. The molecular formula is C2H4ClNO2. The van der Waals surface area contributed by atoms with Crippen molar-refractivity contribution in [3.8, 4) is 0 Å². The highest BCUT2D eigenvalue weighted by molar-refractivity contribution is 6.17. The fourth-order valence-electron chi connectivity index (χ4n) is 0.0615. The molecule has 0 amide bonds. The molecule has 0 saturated carbocycles. The van der Waals surface area contributed by atoms with Crippen LogP contribution in [0, 0.1) is 0 Å². The first-order chi connectivity index (χ1) is 2.91. The van der Waals surface area contributed by atoms with Crippen LogP contribution in [0.25, 0.3) is 0 Å². The van der Waals surface area contributed by atoms with E-state index in [4.69, 9.17) is 16.8 Å². The molecule has 0 aliphatic carbocycles. The molecule has 1 N–H and O–H groups in total. The average molecular weight is 110 g/mol. The molecule has 0 fully saturated rings. The summed E-state index contributed by atoms with van der Waals surface area (Å²) in [6.07, 6.45) is 0.854. The Kier molecular flexibility index (Phi) is 4.23. The van der Waals surface area contributed by atoms with Gasteiger partial charge in [0.1, 0.15) is 0 Å². The summed E-state index contributed by atoms with van der Waals surface area (Å²) in [6, 6.07) is 0.0179. The van der Waals surface area contributed by atoms with Crippen molar-refractivity contribution in [2.75, 3.05) is 6.07 Å². The zero-order chi connectivity index (χ0) is 4.83. The van der Waals surface area contributed by atoms with Crippen molar-refractivity contribution < 1.29 is 9.94 Å². The monoisotopic (exact) mass is 109 g/mol. The van der Waals surface area contributed by atoms with E-state index in [9.17, 15) is 0 Å². The number of ether oxygens (including phenoxy) is 1.